The molecule has 3 amide bonds. The Morgan fingerprint density at radius 1 is 1.19 bits per heavy atom. The summed E-state index contributed by atoms with van der Waals surface area (Å²) in [6.45, 7) is 0.506. The summed E-state index contributed by atoms with van der Waals surface area (Å²) in [6.07, 6.45) is 8.06. The lowest BCUT2D eigenvalue weighted by atomic mass is 9.93. The Morgan fingerprint density at radius 2 is 2.00 bits per heavy atom. The van der Waals surface area contributed by atoms with E-state index in [0.29, 0.717) is 23.3 Å². The molecule has 134 valence electrons. The predicted octanol–water partition coefficient (Wildman–Crippen LogP) is 3.05. The number of rotatable bonds is 5. The van der Waals surface area contributed by atoms with E-state index >= 15 is 0 Å². The van der Waals surface area contributed by atoms with Gasteiger partial charge in [0.2, 0.25) is 5.91 Å². The number of hydrogen-bond acceptors (Lipinski definition) is 4. The van der Waals surface area contributed by atoms with Crippen LogP contribution in [0.5, 0.6) is 0 Å². The van der Waals surface area contributed by atoms with Crippen molar-refractivity contribution in [2.24, 2.45) is 17.8 Å². The van der Waals surface area contributed by atoms with E-state index in [1.54, 1.807) is 6.08 Å². The summed E-state index contributed by atoms with van der Waals surface area (Å²) in [5.41, 5.74) is 0.885. The second-order valence-corrected chi connectivity index (χ2v) is 7.91. The number of carbonyl (C=O) groups is 3. The van der Waals surface area contributed by atoms with Crippen LogP contribution < -0.4 is 5.32 Å². The third kappa shape index (κ3) is 3.33. The van der Waals surface area contributed by atoms with Gasteiger partial charge in [0, 0.05) is 19.0 Å². The van der Waals surface area contributed by atoms with Gasteiger partial charge in [-0.2, -0.15) is 0 Å². The number of nitrogens with one attached hydrogen (secondary N) is 1. The molecule has 0 radical (unpaired) electrons. The Labute approximate surface area is 156 Å². The number of hydrogen-bond donors (Lipinski definition) is 1. The lowest BCUT2D eigenvalue weighted by Gasteiger charge is -2.19. The quantitative estimate of drug-likeness (QED) is 0.641. The van der Waals surface area contributed by atoms with E-state index < -0.39 is 0 Å². The van der Waals surface area contributed by atoms with Gasteiger partial charge < -0.3 is 5.32 Å². The number of thioether (sulfide) groups is 1. The summed E-state index contributed by atoms with van der Waals surface area (Å²) in [4.78, 5) is 38.5. The van der Waals surface area contributed by atoms with Crippen LogP contribution in [0.15, 0.2) is 47.4 Å². The van der Waals surface area contributed by atoms with Crippen LogP contribution in [0.3, 0.4) is 0 Å². The lowest BCUT2D eigenvalue weighted by Crippen LogP contribution is -2.40. The van der Waals surface area contributed by atoms with Gasteiger partial charge in [-0.05, 0) is 48.1 Å². The van der Waals surface area contributed by atoms with Gasteiger partial charge in [0.05, 0.1) is 4.91 Å². The molecule has 1 saturated carbocycles. The molecular weight excluding hydrogens is 348 g/mol. The highest BCUT2D eigenvalue weighted by Gasteiger charge is 2.40. The molecule has 1 aromatic rings. The first-order valence-corrected chi connectivity index (χ1v) is 9.70. The number of nitrogens with zero attached hydrogens (tertiary/aromatic N) is 1. The first-order valence-electron chi connectivity index (χ1n) is 8.88. The number of amides is 3. The Morgan fingerprint density at radius 3 is 2.69 bits per heavy atom. The van der Waals surface area contributed by atoms with Gasteiger partial charge in [-0.15, -0.1) is 0 Å². The molecule has 2 aliphatic carbocycles. The molecule has 0 spiro atoms. The molecule has 1 heterocycles. The molecule has 3 atom stereocenters. The van der Waals surface area contributed by atoms with Gasteiger partial charge in [0.15, 0.2) is 0 Å². The van der Waals surface area contributed by atoms with Crippen molar-refractivity contribution in [3.8, 4) is 0 Å². The maximum atomic E-state index is 12.5. The highest BCUT2D eigenvalue weighted by molar-refractivity contribution is 8.18. The van der Waals surface area contributed by atoms with Gasteiger partial charge in [0.25, 0.3) is 11.1 Å². The summed E-state index contributed by atoms with van der Waals surface area (Å²) in [5, 5.41) is 2.61. The SMILES string of the molecule is O=C(NCCN1C(=O)S/C(=C\c2ccccc2)C1=O)C1CC2C=CC1C2. The van der Waals surface area contributed by atoms with Crippen LogP contribution in [0.4, 0.5) is 4.79 Å². The van der Waals surface area contributed by atoms with Crippen molar-refractivity contribution in [1.82, 2.24) is 10.2 Å². The summed E-state index contributed by atoms with van der Waals surface area (Å²) >= 11 is 0.947. The fourth-order valence-electron chi connectivity index (χ4n) is 3.90. The fraction of sp³-hybridized carbons (Fsp3) is 0.350. The van der Waals surface area contributed by atoms with Crippen molar-refractivity contribution in [3.05, 3.63) is 53.0 Å². The van der Waals surface area contributed by atoms with Crippen molar-refractivity contribution in [2.75, 3.05) is 13.1 Å². The van der Waals surface area contributed by atoms with Crippen molar-refractivity contribution in [3.63, 3.8) is 0 Å². The van der Waals surface area contributed by atoms with E-state index in [-0.39, 0.29) is 29.5 Å². The molecule has 0 aromatic heterocycles. The lowest BCUT2D eigenvalue weighted by molar-refractivity contribution is -0.127. The summed E-state index contributed by atoms with van der Waals surface area (Å²) < 4.78 is 0. The van der Waals surface area contributed by atoms with Gasteiger partial charge in [-0.25, -0.2) is 0 Å². The molecule has 3 unspecified atom stereocenters. The predicted molar refractivity (Wildman–Crippen MR) is 101 cm³/mol. The average Bonchev–Trinajstić information content (AvgIpc) is 3.34. The number of carbonyl (C=O) groups excluding carboxylic acids is 3. The van der Waals surface area contributed by atoms with Crippen LogP contribution in [0, 0.1) is 17.8 Å². The second kappa shape index (κ2) is 7.11. The van der Waals surface area contributed by atoms with E-state index in [9.17, 15) is 14.4 Å². The first-order chi connectivity index (χ1) is 12.6. The smallest absolute Gasteiger partial charge is 0.293 e. The van der Waals surface area contributed by atoms with Crippen molar-refractivity contribution >= 4 is 34.9 Å². The summed E-state index contributed by atoms with van der Waals surface area (Å²) in [6, 6.07) is 9.45. The third-order valence-corrected chi connectivity index (χ3v) is 6.13. The molecule has 1 saturated heterocycles. The molecular formula is C20H20N2O3S. The molecule has 26 heavy (non-hydrogen) atoms. The summed E-state index contributed by atoms with van der Waals surface area (Å²) in [7, 11) is 0. The van der Waals surface area contributed by atoms with Crippen molar-refractivity contribution < 1.29 is 14.4 Å². The van der Waals surface area contributed by atoms with Gasteiger partial charge in [-0.1, -0.05) is 42.5 Å². The molecule has 5 nitrogen and oxygen atoms in total. The topological polar surface area (TPSA) is 66.5 Å². The Bertz CT molecular complexity index is 803. The normalized spacial score (nSPS) is 28.4. The van der Waals surface area contributed by atoms with Gasteiger partial charge >= 0.3 is 0 Å². The van der Waals surface area contributed by atoms with Gasteiger partial charge in [-0.3, -0.25) is 19.3 Å². The van der Waals surface area contributed by atoms with E-state index in [1.807, 2.05) is 30.3 Å². The zero-order valence-electron chi connectivity index (χ0n) is 14.3. The maximum absolute atomic E-state index is 12.5. The maximum Gasteiger partial charge on any atom is 0.293 e. The molecule has 4 rings (SSSR count). The minimum Gasteiger partial charge on any atom is -0.354 e. The van der Waals surface area contributed by atoms with Crippen LogP contribution in [0.1, 0.15) is 18.4 Å². The zero-order valence-corrected chi connectivity index (χ0v) is 15.1. The first kappa shape index (κ1) is 17.1. The molecule has 1 aliphatic heterocycles. The molecule has 2 bridgehead atoms. The highest BCUT2D eigenvalue weighted by Crippen LogP contribution is 2.43. The molecule has 2 fully saturated rings. The van der Waals surface area contributed by atoms with E-state index in [0.717, 1.165) is 30.2 Å². The molecule has 1 N–H and O–H groups in total. The van der Waals surface area contributed by atoms with Crippen LogP contribution in [-0.4, -0.2) is 35.0 Å². The molecule has 1 aromatic carbocycles. The number of benzene rings is 1. The highest BCUT2D eigenvalue weighted by atomic mass is 32.2. The molecule has 6 heteroatoms. The van der Waals surface area contributed by atoms with Crippen molar-refractivity contribution in [2.45, 2.75) is 12.8 Å². The van der Waals surface area contributed by atoms with Crippen LogP contribution in [0.25, 0.3) is 6.08 Å². The minimum absolute atomic E-state index is 0.0358. The Hall–Kier alpha value is -2.34. The number of allylic oxidation sites excluding steroid dienone is 2. The standard InChI is InChI=1S/C20H20N2O3S/c23-18(16-11-14-6-7-15(16)10-14)21-8-9-22-19(24)17(26-20(22)25)12-13-4-2-1-3-5-13/h1-7,12,14-16H,8-11H2,(H,21,23)/b17-12-. The van der Waals surface area contributed by atoms with E-state index in [2.05, 4.69) is 17.5 Å². The number of fused-ring (bicyclic) bond motifs is 2. The van der Waals surface area contributed by atoms with Gasteiger partial charge in [0.1, 0.15) is 0 Å². The van der Waals surface area contributed by atoms with Crippen LogP contribution in [0.2, 0.25) is 0 Å². The Kier molecular flexibility index (Phi) is 4.68. The largest absolute Gasteiger partial charge is 0.354 e. The molecule has 3 aliphatic rings. The average molecular weight is 368 g/mol. The van der Waals surface area contributed by atoms with Crippen LogP contribution in [-0.2, 0) is 9.59 Å². The van der Waals surface area contributed by atoms with Crippen LogP contribution >= 0.6 is 11.8 Å². The fourth-order valence-corrected chi connectivity index (χ4v) is 4.76. The van der Waals surface area contributed by atoms with Crippen molar-refractivity contribution in [1.29, 1.82) is 0 Å². The monoisotopic (exact) mass is 368 g/mol. The zero-order chi connectivity index (χ0) is 18.1. The Balaban J connectivity index is 1.31. The minimum atomic E-state index is -0.291. The third-order valence-electron chi connectivity index (χ3n) is 5.22. The van der Waals surface area contributed by atoms with E-state index in [4.69, 9.17) is 0 Å². The van der Waals surface area contributed by atoms with E-state index in [1.165, 1.54) is 4.90 Å². The summed E-state index contributed by atoms with van der Waals surface area (Å²) in [5.74, 6) is 0.679. The number of imide groups is 1. The second-order valence-electron chi connectivity index (χ2n) is 6.92.